The molecule has 2 saturated heterocycles. The van der Waals surface area contributed by atoms with Gasteiger partial charge in [0.15, 0.2) is 0 Å². The van der Waals surface area contributed by atoms with Crippen molar-refractivity contribution >= 4 is 70.9 Å². The molecule has 0 unspecified atom stereocenters. The number of rotatable bonds is 12. The highest BCUT2D eigenvalue weighted by molar-refractivity contribution is 6.01. The maximum atomic E-state index is 15.4. The van der Waals surface area contributed by atoms with Gasteiger partial charge in [-0.05, 0) is 126 Å². The van der Waals surface area contributed by atoms with Crippen molar-refractivity contribution in [3.05, 3.63) is 82.4 Å². The monoisotopic (exact) mass is 1500 g/mol. The Hall–Kier alpha value is -8.78. The lowest BCUT2D eigenvalue weighted by Crippen LogP contribution is -2.68. The zero-order valence-electron chi connectivity index (χ0n) is 62.2. The number of nitrogens with one attached hydrogen (secondary N) is 3. The minimum Gasteiger partial charge on any atom is -0.377 e. The molecule has 25 nitrogen and oxygen atoms in total. The fraction of sp³-hybridized carbons (Fsp3) is 0.644. The second kappa shape index (κ2) is 35.7. The predicted molar refractivity (Wildman–Crippen MR) is 369 cm³/mol. The van der Waals surface area contributed by atoms with Gasteiger partial charge in [0.2, 0.25) is 70.9 Å². The molecule has 2 saturated carbocycles. The van der Waals surface area contributed by atoms with Crippen LogP contribution < -0.4 is 16.0 Å². The first-order valence-electron chi connectivity index (χ1n) is 36.0. The molecule has 10 atom stereocenters. The van der Waals surface area contributed by atoms with E-state index < -0.39 is 222 Å². The lowest BCUT2D eigenvalue weighted by molar-refractivity contribution is -0.158. The van der Waals surface area contributed by atoms with Crippen LogP contribution in [0.15, 0.2) is 48.6 Å². The predicted octanol–water partition coefficient (Wildman–Crippen LogP) is 5.10. The second-order valence-electron chi connectivity index (χ2n) is 28.7. The maximum absolute atomic E-state index is 15.4. The lowest BCUT2D eigenvalue weighted by atomic mass is 9.74. The minimum absolute atomic E-state index is 0.0352. The molecule has 1 spiro atoms. The van der Waals surface area contributed by atoms with Gasteiger partial charge < -0.3 is 64.8 Å². The van der Waals surface area contributed by atoms with Gasteiger partial charge in [-0.1, -0.05) is 57.4 Å². The van der Waals surface area contributed by atoms with Crippen molar-refractivity contribution in [3.63, 3.8) is 0 Å². The Balaban J connectivity index is 1.34. The van der Waals surface area contributed by atoms with Crippen molar-refractivity contribution in [2.24, 2.45) is 11.8 Å². The van der Waals surface area contributed by atoms with Gasteiger partial charge in [-0.15, -0.1) is 0 Å². The summed E-state index contributed by atoms with van der Waals surface area (Å²) in [6.07, 6.45) is -7.48. The molecule has 0 radical (unpaired) electrons. The average molecular weight is 1510 g/mol. The summed E-state index contributed by atoms with van der Waals surface area (Å²) in [4.78, 5) is 189. The molecule has 3 N–H and O–H groups in total. The number of ether oxygens (including phenoxy) is 1. The summed E-state index contributed by atoms with van der Waals surface area (Å²) >= 11 is 0. The normalized spacial score (nSPS) is 26.3. The number of likely N-dealkylation sites (N-methyl/N-ethyl adjacent to an activating group) is 7. The molecule has 3 heterocycles. The minimum atomic E-state index is -5.46. The third kappa shape index (κ3) is 19.7. The summed E-state index contributed by atoms with van der Waals surface area (Å²) in [5.41, 5.74) is -5.25. The van der Waals surface area contributed by atoms with Gasteiger partial charge >= 0.3 is 12.4 Å². The highest BCUT2D eigenvalue weighted by Crippen LogP contribution is 2.40. The van der Waals surface area contributed by atoms with Crippen molar-refractivity contribution in [1.29, 1.82) is 0 Å². The van der Waals surface area contributed by atoms with Gasteiger partial charge in [0.05, 0.1) is 31.2 Å². The fourth-order valence-corrected chi connectivity index (χ4v) is 14.5. The van der Waals surface area contributed by atoms with Crippen LogP contribution in [0.2, 0.25) is 0 Å². The fourth-order valence-electron chi connectivity index (χ4n) is 14.5. The molecule has 4 fully saturated rings. The number of nitrogens with zero attached hydrogens (tertiary/aromatic N) is 9. The van der Waals surface area contributed by atoms with Crippen molar-refractivity contribution in [1.82, 2.24) is 60.0 Å². The molecule has 5 aliphatic rings. The molecular weight excluding hydrogens is 1400 g/mol. The van der Waals surface area contributed by atoms with Gasteiger partial charge in [-0.2, -0.15) is 26.3 Å². The van der Waals surface area contributed by atoms with E-state index in [0.29, 0.717) is 50.7 Å². The average Bonchev–Trinajstić information content (AvgIpc) is 1.19. The number of hydrogen-bond donors (Lipinski definition) is 3. The van der Waals surface area contributed by atoms with Crippen LogP contribution in [0.25, 0.3) is 0 Å². The topological polar surface area (TPSA) is 279 Å². The van der Waals surface area contributed by atoms with E-state index in [1.54, 1.807) is 39.8 Å². The first kappa shape index (κ1) is 84.5. The van der Waals surface area contributed by atoms with E-state index in [9.17, 15) is 55.1 Å². The molecule has 586 valence electrons. The Bertz CT molecular complexity index is 3590. The molecule has 2 bridgehead atoms. The van der Waals surface area contributed by atoms with E-state index >= 15 is 37.5 Å². The molecule has 7 rings (SSSR count). The Morgan fingerprint density at radius 2 is 1.31 bits per heavy atom. The number of aryl methyl sites for hydroxylation is 1. The zero-order chi connectivity index (χ0) is 78.8. The number of carbonyl (C=O) groups excluding carboxylic acids is 12. The van der Waals surface area contributed by atoms with E-state index in [1.807, 2.05) is 0 Å². The van der Waals surface area contributed by atoms with Crippen molar-refractivity contribution in [3.8, 4) is 0 Å². The Kier molecular flexibility index (Phi) is 28.5. The van der Waals surface area contributed by atoms with Crippen LogP contribution in [-0.2, 0) is 87.5 Å². The molecule has 106 heavy (non-hydrogen) atoms. The van der Waals surface area contributed by atoms with E-state index in [4.69, 9.17) is 4.74 Å². The number of alkyl halides is 6. The van der Waals surface area contributed by atoms with Gasteiger partial charge in [0.1, 0.15) is 71.1 Å². The van der Waals surface area contributed by atoms with Crippen LogP contribution >= 0.6 is 0 Å². The molecule has 33 heteroatoms. The summed E-state index contributed by atoms with van der Waals surface area (Å²) in [7, 11) is 9.20. The molecule has 2 aromatic rings. The van der Waals surface area contributed by atoms with Crippen molar-refractivity contribution < 1.29 is 97.4 Å². The number of fused-ring (bicyclic) bond motifs is 3. The number of carbonyl (C=O) groups is 12. The summed E-state index contributed by atoms with van der Waals surface area (Å²) in [6, 6.07) is -7.34. The third-order valence-electron chi connectivity index (χ3n) is 21.6. The number of benzene rings is 2. The summed E-state index contributed by atoms with van der Waals surface area (Å²) in [6.45, 7) is 6.08. The Morgan fingerprint density at radius 1 is 0.689 bits per heavy atom. The number of hydrogen-bond acceptors (Lipinski definition) is 13. The maximum Gasteiger partial charge on any atom is 0.422 e. The second-order valence-corrected chi connectivity index (χ2v) is 28.7. The number of amides is 12. The summed E-state index contributed by atoms with van der Waals surface area (Å²) in [5.74, 6) is -15.2. The molecular formula is C73H100F8N12O13. The highest BCUT2D eigenvalue weighted by Gasteiger charge is 2.54. The van der Waals surface area contributed by atoms with Gasteiger partial charge in [0.25, 0.3) is 0 Å². The van der Waals surface area contributed by atoms with Crippen molar-refractivity contribution in [2.45, 2.75) is 203 Å². The summed E-state index contributed by atoms with van der Waals surface area (Å²) < 4.78 is 120. The van der Waals surface area contributed by atoms with Gasteiger partial charge in [-0.25, -0.2) is 8.78 Å². The molecule has 3 aliphatic heterocycles. The van der Waals surface area contributed by atoms with E-state index in [-0.39, 0.29) is 63.9 Å². The molecule has 2 aliphatic carbocycles. The van der Waals surface area contributed by atoms with E-state index in [1.165, 1.54) is 59.0 Å². The lowest BCUT2D eigenvalue weighted by Gasteiger charge is -2.46. The first-order valence-corrected chi connectivity index (χ1v) is 36.0. The van der Waals surface area contributed by atoms with Crippen LogP contribution in [0.4, 0.5) is 35.1 Å². The smallest absolute Gasteiger partial charge is 0.377 e. The SMILES string of the molecule is CCO[C@@H]1C[C@H]2C(=O)NC3(CCC3)C(=O)N(C)[C@@H](C3CCCC3)C(=O)N(C)[C@H](C(=O)N(C)CC)CC(=O)N(C)[C@@H](C)C(=O)N[C@@H]([C@@H](C)CC)C(=O)N(C)CC(=O)N(C)[C@H]3C/C=C\CCN(C3=O)[C@@H](Cc3ccc(C(F)(F)F)cc3)C(=O)N(C)CC(=O)N[C@@H](CCc3cc(F)c(C(F)(F)F)c(F)c3)C(=O)N2C1. The van der Waals surface area contributed by atoms with Crippen LogP contribution in [0.3, 0.4) is 0 Å². The van der Waals surface area contributed by atoms with Gasteiger partial charge in [-0.3, -0.25) is 57.5 Å². The van der Waals surface area contributed by atoms with E-state index in [0.717, 1.165) is 65.6 Å². The largest absolute Gasteiger partial charge is 0.422 e. The molecule has 0 aromatic heterocycles. The highest BCUT2D eigenvalue weighted by atomic mass is 19.4. The molecule has 12 amide bonds. The van der Waals surface area contributed by atoms with Crippen LogP contribution in [0.5, 0.6) is 0 Å². The zero-order valence-corrected chi connectivity index (χ0v) is 62.2. The quantitative estimate of drug-likeness (QED) is 0.184. The Labute approximate surface area is 612 Å². The van der Waals surface area contributed by atoms with Crippen LogP contribution in [-0.4, -0.2) is 264 Å². The van der Waals surface area contributed by atoms with Crippen molar-refractivity contribution in [2.75, 3.05) is 88.7 Å². The number of halogens is 8. The standard InChI is InChI=1S/C73H100F8N12O13/c1-13-42(4)60-68(103)87(8)41-58(96)89(10)52-24-17-16-20-33-92(67(52)102)55(36-44-25-28-47(29-26-44)72(76,77)78)66(101)86(7)40-56(94)82-51(30-27-45-34-49(74)59(50(75)35-45)73(79,80)81)64(99)93-39-48(106-15-3)37-53(93)63(98)84-71(31-21-32-71)70(105)91(12)61(46-22-18-19-23-46)69(104)90(11)54(65(100)85(6)14-2)38-57(95)88(9)43(5)62(97)83-60/h16-17,25-26,28-29,34-35,42-43,46,48,51-55,60-61H,13-15,18-24,27,30-33,36-41H2,1-12H3,(H,82,94)(H,83,97)(H,84,98)/b17-16-/t42-,43-,48+,51-,52-,53-,54-,55-,60-,61-/m0/s1. The third-order valence-corrected chi connectivity index (χ3v) is 21.6. The Morgan fingerprint density at radius 3 is 1.88 bits per heavy atom. The van der Waals surface area contributed by atoms with E-state index in [2.05, 4.69) is 16.0 Å². The first-order chi connectivity index (χ1) is 49.7. The summed E-state index contributed by atoms with van der Waals surface area (Å²) in [5, 5.41) is 8.16. The van der Waals surface area contributed by atoms with Crippen LogP contribution in [0.1, 0.15) is 140 Å². The van der Waals surface area contributed by atoms with Crippen LogP contribution in [0, 0.1) is 23.5 Å². The van der Waals surface area contributed by atoms with Gasteiger partial charge in [0, 0.05) is 88.4 Å². The molecule has 2 aromatic carbocycles.